The molecule has 0 saturated heterocycles. The predicted octanol–water partition coefficient (Wildman–Crippen LogP) is 3.26. The number of nitrogens with one attached hydrogen (secondary N) is 1. The summed E-state index contributed by atoms with van der Waals surface area (Å²) in [7, 11) is 0. The average Bonchev–Trinajstić information content (AvgIpc) is 2.32. The molecule has 1 heterocycles. The van der Waals surface area contributed by atoms with E-state index < -0.39 is 0 Å². The number of H-pyrrole nitrogens is 1. The van der Waals surface area contributed by atoms with Gasteiger partial charge >= 0.3 is 0 Å². The monoisotopic (exact) mass is 360 g/mol. The van der Waals surface area contributed by atoms with E-state index in [-0.39, 0.29) is 5.56 Å². The zero-order valence-corrected chi connectivity index (χ0v) is 12.0. The lowest BCUT2D eigenvalue weighted by Gasteiger charge is -2.05. The Balaban J connectivity index is 2.61. The van der Waals surface area contributed by atoms with Gasteiger partial charge in [0.15, 0.2) is 0 Å². The highest BCUT2D eigenvalue weighted by molar-refractivity contribution is 14.1. The normalized spacial score (nSPS) is 10.5. The molecule has 0 radical (unpaired) electrons. The summed E-state index contributed by atoms with van der Waals surface area (Å²) in [5, 5.41) is 0.627. The van der Waals surface area contributed by atoms with Gasteiger partial charge in [-0.1, -0.05) is 30.7 Å². The Labute approximate surface area is 117 Å². The summed E-state index contributed by atoms with van der Waals surface area (Å²) in [6.07, 6.45) is 0.732. The lowest BCUT2D eigenvalue weighted by molar-refractivity contribution is 0.968. The highest BCUT2D eigenvalue weighted by atomic mass is 127. The molecule has 0 aliphatic carbocycles. The van der Waals surface area contributed by atoms with E-state index in [4.69, 9.17) is 11.6 Å². The third-order valence-corrected chi connectivity index (χ3v) is 3.71. The maximum Gasteiger partial charge on any atom is 0.264 e. The lowest BCUT2D eigenvalue weighted by atomic mass is 10.2. The van der Waals surface area contributed by atoms with E-state index in [0.717, 1.165) is 17.7 Å². The summed E-state index contributed by atoms with van der Waals surface area (Å²) in [4.78, 5) is 18.9. The van der Waals surface area contributed by atoms with Crippen molar-refractivity contribution >= 4 is 34.2 Å². The molecule has 17 heavy (non-hydrogen) atoms. The number of aromatic amines is 1. The first-order valence-electron chi connectivity index (χ1n) is 5.16. The van der Waals surface area contributed by atoms with Crippen molar-refractivity contribution in [2.24, 2.45) is 0 Å². The van der Waals surface area contributed by atoms with Crippen molar-refractivity contribution in [3.05, 3.63) is 48.9 Å². The molecule has 88 valence electrons. The second-order valence-corrected chi connectivity index (χ2v) is 5.05. The van der Waals surface area contributed by atoms with Crippen LogP contribution in [0, 0.1) is 3.57 Å². The average molecular weight is 361 g/mol. The van der Waals surface area contributed by atoms with E-state index in [1.165, 1.54) is 0 Å². The lowest BCUT2D eigenvalue weighted by Crippen LogP contribution is -2.15. The minimum atomic E-state index is -0.104. The maximum absolute atomic E-state index is 11.7. The number of rotatable bonds is 2. The summed E-state index contributed by atoms with van der Waals surface area (Å²) in [6.45, 7) is 1.98. The smallest absolute Gasteiger partial charge is 0.264 e. The highest BCUT2D eigenvalue weighted by Gasteiger charge is 2.08. The molecule has 0 atom stereocenters. The fourth-order valence-corrected chi connectivity index (χ4v) is 2.34. The van der Waals surface area contributed by atoms with Gasteiger partial charge in [-0.05, 0) is 41.1 Å². The number of nitrogens with zero attached hydrogens (tertiary/aromatic N) is 1. The van der Waals surface area contributed by atoms with E-state index in [9.17, 15) is 4.79 Å². The standard InChI is InChI=1S/C12H10ClIN2O/c1-2-9-10(14)12(17)16-11(15-9)7-4-3-5-8(13)6-7/h3-6H,2H2,1H3,(H,15,16,17). The van der Waals surface area contributed by atoms with Gasteiger partial charge in [-0.15, -0.1) is 0 Å². The SMILES string of the molecule is CCc1nc(-c2cccc(Cl)c2)[nH]c(=O)c1I. The van der Waals surface area contributed by atoms with Gasteiger partial charge in [0.05, 0.1) is 9.26 Å². The molecule has 2 aromatic rings. The van der Waals surface area contributed by atoms with Gasteiger partial charge in [-0.2, -0.15) is 0 Å². The molecule has 1 aromatic heterocycles. The van der Waals surface area contributed by atoms with Gasteiger partial charge in [0, 0.05) is 10.6 Å². The topological polar surface area (TPSA) is 45.8 Å². The first-order valence-corrected chi connectivity index (χ1v) is 6.62. The number of hydrogen-bond acceptors (Lipinski definition) is 2. The molecule has 0 spiro atoms. The summed E-state index contributed by atoms with van der Waals surface area (Å²) >= 11 is 7.93. The Morgan fingerprint density at radius 3 is 2.88 bits per heavy atom. The first-order chi connectivity index (χ1) is 8.11. The van der Waals surface area contributed by atoms with Gasteiger partial charge < -0.3 is 4.98 Å². The molecule has 2 rings (SSSR count). The van der Waals surface area contributed by atoms with Crippen LogP contribution in [0.15, 0.2) is 29.1 Å². The molecule has 1 aromatic carbocycles. The van der Waals surface area contributed by atoms with Crippen LogP contribution in [0.25, 0.3) is 11.4 Å². The number of benzene rings is 1. The van der Waals surface area contributed by atoms with Gasteiger partial charge in [0.2, 0.25) is 0 Å². The van der Waals surface area contributed by atoms with E-state index in [1.54, 1.807) is 12.1 Å². The van der Waals surface area contributed by atoms with E-state index in [0.29, 0.717) is 14.4 Å². The van der Waals surface area contributed by atoms with Gasteiger partial charge in [0.25, 0.3) is 5.56 Å². The van der Waals surface area contributed by atoms with Crippen molar-refractivity contribution in [2.45, 2.75) is 13.3 Å². The second-order valence-electron chi connectivity index (χ2n) is 3.54. The molecule has 1 N–H and O–H groups in total. The van der Waals surface area contributed by atoms with Crippen molar-refractivity contribution in [3.63, 3.8) is 0 Å². The van der Waals surface area contributed by atoms with Crippen LogP contribution in [0.4, 0.5) is 0 Å². The minimum absolute atomic E-state index is 0.104. The molecule has 0 aliphatic rings. The highest BCUT2D eigenvalue weighted by Crippen LogP contribution is 2.19. The maximum atomic E-state index is 11.7. The first kappa shape index (κ1) is 12.6. The molecule has 0 amide bonds. The molecule has 0 bridgehead atoms. The molecule has 0 saturated carbocycles. The Morgan fingerprint density at radius 1 is 1.47 bits per heavy atom. The molecule has 0 aliphatic heterocycles. The van der Waals surface area contributed by atoms with Crippen LogP contribution in [0.1, 0.15) is 12.6 Å². The van der Waals surface area contributed by atoms with E-state index in [1.807, 2.05) is 41.6 Å². The molecule has 0 fully saturated rings. The summed E-state index contributed by atoms with van der Waals surface area (Å²) in [5.41, 5.74) is 1.53. The van der Waals surface area contributed by atoms with Crippen molar-refractivity contribution in [2.75, 3.05) is 0 Å². The fourth-order valence-electron chi connectivity index (χ4n) is 1.51. The Bertz CT molecular complexity index is 610. The summed E-state index contributed by atoms with van der Waals surface area (Å²) < 4.78 is 0.649. The van der Waals surface area contributed by atoms with Crippen LogP contribution in [-0.2, 0) is 6.42 Å². The van der Waals surface area contributed by atoms with Crippen molar-refractivity contribution < 1.29 is 0 Å². The summed E-state index contributed by atoms with van der Waals surface area (Å²) in [6, 6.07) is 7.28. The quantitative estimate of drug-likeness (QED) is 0.836. The van der Waals surface area contributed by atoms with Crippen molar-refractivity contribution in [3.8, 4) is 11.4 Å². The van der Waals surface area contributed by atoms with Gasteiger partial charge in [0.1, 0.15) is 5.82 Å². The number of aromatic nitrogens is 2. The third kappa shape index (κ3) is 2.69. The zero-order chi connectivity index (χ0) is 12.4. The Kier molecular flexibility index (Phi) is 3.83. The number of hydrogen-bond donors (Lipinski definition) is 1. The second kappa shape index (κ2) is 5.18. The molecule has 5 heteroatoms. The Morgan fingerprint density at radius 2 is 2.24 bits per heavy atom. The molecule has 0 unspecified atom stereocenters. The van der Waals surface area contributed by atoms with Gasteiger partial charge in [-0.25, -0.2) is 4.98 Å². The van der Waals surface area contributed by atoms with E-state index in [2.05, 4.69) is 9.97 Å². The number of aryl methyl sites for hydroxylation is 1. The van der Waals surface area contributed by atoms with Crippen LogP contribution in [-0.4, -0.2) is 9.97 Å². The van der Waals surface area contributed by atoms with Crippen LogP contribution in [0.5, 0.6) is 0 Å². The fraction of sp³-hybridized carbons (Fsp3) is 0.167. The molecule has 3 nitrogen and oxygen atoms in total. The Hall–Kier alpha value is -0.880. The summed E-state index contributed by atoms with van der Waals surface area (Å²) in [5.74, 6) is 0.565. The van der Waals surface area contributed by atoms with Crippen LogP contribution >= 0.6 is 34.2 Å². The minimum Gasteiger partial charge on any atom is -0.306 e. The van der Waals surface area contributed by atoms with E-state index >= 15 is 0 Å². The third-order valence-electron chi connectivity index (χ3n) is 2.36. The van der Waals surface area contributed by atoms with Crippen molar-refractivity contribution in [1.29, 1.82) is 0 Å². The molecular weight excluding hydrogens is 351 g/mol. The number of halogens is 2. The van der Waals surface area contributed by atoms with Gasteiger partial charge in [-0.3, -0.25) is 4.79 Å². The van der Waals surface area contributed by atoms with Crippen LogP contribution in [0.2, 0.25) is 5.02 Å². The van der Waals surface area contributed by atoms with Crippen LogP contribution < -0.4 is 5.56 Å². The zero-order valence-electron chi connectivity index (χ0n) is 9.13. The van der Waals surface area contributed by atoms with Crippen LogP contribution in [0.3, 0.4) is 0 Å². The molecular formula is C12H10ClIN2O. The van der Waals surface area contributed by atoms with Crippen molar-refractivity contribution in [1.82, 2.24) is 9.97 Å². The predicted molar refractivity (Wildman–Crippen MR) is 77.4 cm³/mol. The largest absolute Gasteiger partial charge is 0.306 e.